The van der Waals surface area contributed by atoms with Crippen LogP contribution in [0.5, 0.6) is 5.75 Å². The number of nitrogens with zero attached hydrogens (tertiary/aromatic N) is 1. The Bertz CT molecular complexity index is 465. The van der Waals surface area contributed by atoms with Crippen LogP contribution in [-0.2, 0) is 0 Å². The van der Waals surface area contributed by atoms with Gasteiger partial charge >= 0.3 is 0 Å². The average molecular weight is 240 g/mol. The second-order valence-corrected chi connectivity index (χ2v) is 3.64. The molecule has 0 aliphatic carbocycles. The molecule has 0 bridgehead atoms. The molecule has 0 saturated carbocycles. The van der Waals surface area contributed by atoms with Crippen molar-refractivity contribution in [2.24, 2.45) is 0 Å². The molecule has 0 unspecified atom stereocenters. The minimum absolute atomic E-state index is 0.0272. The van der Waals surface area contributed by atoms with Crippen molar-refractivity contribution in [1.29, 1.82) is 0 Å². The van der Waals surface area contributed by atoms with Gasteiger partial charge in [0.25, 0.3) is 0 Å². The van der Waals surface area contributed by atoms with E-state index in [-0.39, 0.29) is 5.75 Å². The molecule has 0 aliphatic heterocycles. The highest BCUT2D eigenvalue weighted by Gasteiger charge is 2.05. The van der Waals surface area contributed by atoms with Crippen LogP contribution in [0.3, 0.4) is 0 Å². The van der Waals surface area contributed by atoms with Gasteiger partial charge in [-0.2, -0.15) is 4.73 Å². The maximum atomic E-state index is 11.3. The van der Waals surface area contributed by atoms with Gasteiger partial charge in [0.1, 0.15) is 0 Å². The van der Waals surface area contributed by atoms with Crippen LogP contribution in [0.4, 0.5) is 0 Å². The minimum Gasteiger partial charge on any atom is -0.618 e. The molecule has 1 heterocycles. The van der Waals surface area contributed by atoms with E-state index < -0.39 is 0 Å². The van der Waals surface area contributed by atoms with Crippen molar-refractivity contribution in [2.45, 2.75) is 0 Å². The third-order valence-electron chi connectivity index (χ3n) is 1.78. The number of aromatic nitrogens is 1. The summed E-state index contributed by atoms with van der Waals surface area (Å²) in [5.41, 5.74) is 0.543. The number of benzene rings is 1. The van der Waals surface area contributed by atoms with Gasteiger partial charge in [0.15, 0.2) is 5.75 Å². The first-order valence-electron chi connectivity index (χ1n) is 3.68. The Kier molecular flexibility index (Phi) is 1.84. The smallest absolute Gasteiger partial charge is 0.224 e. The third kappa shape index (κ3) is 1.45. The maximum absolute atomic E-state index is 11.3. The van der Waals surface area contributed by atoms with E-state index in [1.807, 2.05) is 0 Å². The number of rotatable bonds is 0. The van der Waals surface area contributed by atoms with Gasteiger partial charge in [0.2, 0.25) is 11.7 Å². The zero-order chi connectivity index (χ0) is 9.42. The zero-order valence-corrected chi connectivity index (χ0v) is 8.15. The molecule has 4 heteroatoms. The predicted molar refractivity (Wildman–Crippen MR) is 52.3 cm³/mol. The van der Waals surface area contributed by atoms with Gasteiger partial charge in [-0.1, -0.05) is 15.9 Å². The number of aromatic hydroxyl groups is 1. The second-order valence-electron chi connectivity index (χ2n) is 2.73. The molecular weight excluding hydrogens is 234 g/mol. The first kappa shape index (κ1) is 8.31. The lowest BCUT2D eigenvalue weighted by atomic mass is 10.2. The Morgan fingerprint density at radius 2 is 2.08 bits per heavy atom. The Labute approximate surface area is 83.0 Å². The van der Waals surface area contributed by atoms with E-state index in [4.69, 9.17) is 5.11 Å². The molecule has 1 N–H and O–H groups in total. The Morgan fingerprint density at radius 3 is 2.85 bits per heavy atom. The molecule has 0 amide bonds. The normalized spacial score (nSPS) is 10.5. The van der Waals surface area contributed by atoms with Crippen LogP contribution in [0.15, 0.2) is 34.9 Å². The van der Waals surface area contributed by atoms with Crippen LogP contribution >= 0.6 is 15.9 Å². The van der Waals surface area contributed by atoms with Crippen LogP contribution in [0.25, 0.3) is 10.9 Å². The van der Waals surface area contributed by atoms with E-state index in [0.29, 0.717) is 15.6 Å². The van der Waals surface area contributed by atoms with Gasteiger partial charge in [-0.05, 0) is 12.1 Å². The molecule has 2 rings (SSSR count). The molecule has 2 aromatic rings. The van der Waals surface area contributed by atoms with Crippen LogP contribution in [0, 0.1) is 5.21 Å². The lowest BCUT2D eigenvalue weighted by molar-refractivity contribution is -0.577. The molecule has 0 atom stereocenters. The SMILES string of the molecule is [O-][n+]1cc(O)cc2cc(Br)ccc21. The fourth-order valence-electron chi connectivity index (χ4n) is 1.23. The van der Waals surface area contributed by atoms with Crippen molar-refractivity contribution in [1.82, 2.24) is 0 Å². The molecule has 3 nitrogen and oxygen atoms in total. The minimum atomic E-state index is -0.0272. The molecule has 0 spiro atoms. The topological polar surface area (TPSA) is 47.2 Å². The monoisotopic (exact) mass is 239 g/mol. The average Bonchev–Trinajstić information content (AvgIpc) is 2.02. The number of hydrogen-bond donors (Lipinski definition) is 1. The number of hydrogen-bond acceptors (Lipinski definition) is 2. The van der Waals surface area contributed by atoms with Gasteiger partial charge in [-0.3, -0.25) is 0 Å². The van der Waals surface area contributed by atoms with E-state index in [0.717, 1.165) is 10.7 Å². The molecule has 0 aliphatic rings. The van der Waals surface area contributed by atoms with E-state index >= 15 is 0 Å². The van der Waals surface area contributed by atoms with Crippen molar-refractivity contribution in [3.05, 3.63) is 40.1 Å². The summed E-state index contributed by atoms with van der Waals surface area (Å²) in [5, 5.41) is 21.1. The summed E-state index contributed by atoms with van der Waals surface area (Å²) >= 11 is 3.29. The van der Waals surface area contributed by atoms with E-state index in [1.54, 1.807) is 24.3 Å². The lowest BCUT2D eigenvalue weighted by Crippen LogP contribution is -2.25. The fraction of sp³-hybridized carbons (Fsp3) is 0. The van der Waals surface area contributed by atoms with Crippen molar-refractivity contribution in [3.63, 3.8) is 0 Å². The molecule has 66 valence electrons. The quantitative estimate of drug-likeness (QED) is 0.565. The number of halogens is 1. The standard InChI is InChI=1S/C9H6BrNO2/c10-7-1-2-9-6(3-7)4-8(12)5-11(9)13/h1-5,12H. The van der Waals surface area contributed by atoms with Gasteiger partial charge in [-0.15, -0.1) is 0 Å². The second kappa shape index (κ2) is 2.88. The van der Waals surface area contributed by atoms with Crippen LogP contribution in [0.2, 0.25) is 0 Å². The van der Waals surface area contributed by atoms with Crippen molar-refractivity contribution in [3.8, 4) is 5.75 Å². The molecule has 0 radical (unpaired) electrons. The van der Waals surface area contributed by atoms with Crippen LogP contribution < -0.4 is 4.73 Å². The van der Waals surface area contributed by atoms with Crippen LogP contribution in [0.1, 0.15) is 0 Å². The fourth-order valence-corrected chi connectivity index (χ4v) is 1.61. The van der Waals surface area contributed by atoms with Gasteiger partial charge in [0.05, 0.1) is 5.39 Å². The van der Waals surface area contributed by atoms with Gasteiger partial charge < -0.3 is 10.3 Å². The summed E-state index contributed by atoms with van der Waals surface area (Å²) in [7, 11) is 0. The summed E-state index contributed by atoms with van der Waals surface area (Å²) in [6.07, 6.45) is 1.14. The number of fused-ring (bicyclic) bond motifs is 1. The summed E-state index contributed by atoms with van der Waals surface area (Å²) in [4.78, 5) is 0. The Hall–Kier alpha value is -1.29. The summed E-state index contributed by atoms with van der Waals surface area (Å²) < 4.78 is 1.53. The summed E-state index contributed by atoms with van der Waals surface area (Å²) in [5.74, 6) is -0.0272. The zero-order valence-electron chi connectivity index (χ0n) is 6.57. The Balaban J connectivity index is 2.86. The highest BCUT2D eigenvalue weighted by molar-refractivity contribution is 9.10. The van der Waals surface area contributed by atoms with Crippen molar-refractivity contribution in [2.75, 3.05) is 0 Å². The highest BCUT2D eigenvalue weighted by Crippen LogP contribution is 2.19. The maximum Gasteiger partial charge on any atom is 0.224 e. The molecule has 0 fully saturated rings. The van der Waals surface area contributed by atoms with Gasteiger partial charge in [0, 0.05) is 16.6 Å². The molecule has 1 aromatic heterocycles. The molecule has 1 aromatic carbocycles. The first-order valence-corrected chi connectivity index (χ1v) is 4.47. The third-order valence-corrected chi connectivity index (χ3v) is 2.27. The predicted octanol–water partition coefficient (Wildman–Crippen LogP) is 1.94. The van der Waals surface area contributed by atoms with E-state index in [9.17, 15) is 5.21 Å². The van der Waals surface area contributed by atoms with E-state index in [2.05, 4.69) is 15.9 Å². The van der Waals surface area contributed by atoms with Gasteiger partial charge in [-0.25, -0.2) is 0 Å². The molecule has 13 heavy (non-hydrogen) atoms. The molecular formula is C9H6BrNO2. The lowest BCUT2D eigenvalue weighted by Gasteiger charge is -2.01. The first-order chi connectivity index (χ1) is 6.16. The van der Waals surface area contributed by atoms with E-state index in [1.165, 1.54) is 0 Å². The van der Waals surface area contributed by atoms with Crippen LogP contribution in [-0.4, -0.2) is 5.11 Å². The van der Waals surface area contributed by atoms with Crippen molar-refractivity contribution < 1.29 is 9.84 Å². The Morgan fingerprint density at radius 1 is 1.31 bits per heavy atom. The highest BCUT2D eigenvalue weighted by atomic mass is 79.9. The number of pyridine rings is 1. The summed E-state index contributed by atoms with van der Waals surface area (Å²) in [6.45, 7) is 0. The largest absolute Gasteiger partial charge is 0.618 e. The van der Waals surface area contributed by atoms with Crippen molar-refractivity contribution >= 4 is 26.8 Å². The molecule has 0 saturated heterocycles. The summed E-state index contributed by atoms with van der Waals surface area (Å²) in [6, 6.07) is 6.82.